The Morgan fingerprint density at radius 1 is 1.46 bits per heavy atom. The first-order chi connectivity index (χ1) is 6.02. The van der Waals surface area contributed by atoms with Crippen LogP contribution >= 0.6 is 0 Å². The number of esters is 1. The maximum atomic E-state index is 10.7. The summed E-state index contributed by atoms with van der Waals surface area (Å²) in [6, 6.07) is -1.49. The van der Waals surface area contributed by atoms with Crippen molar-refractivity contribution in [2.45, 2.75) is 6.04 Å². The smallest absolute Gasteiger partial charge is 0.396 e. The van der Waals surface area contributed by atoms with Gasteiger partial charge in [-0.1, -0.05) is 0 Å². The molecule has 0 aromatic carbocycles. The maximum Gasteiger partial charge on any atom is 0.396 e. The molecule has 0 aliphatic carbocycles. The van der Waals surface area contributed by atoms with Crippen LogP contribution in [0.15, 0.2) is 0 Å². The van der Waals surface area contributed by atoms with Crippen LogP contribution in [0.3, 0.4) is 0 Å². The summed E-state index contributed by atoms with van der Waals surface area (Å²) in [6.45, 7) is -0.794. The fourth-order valence-electron chi connectivity index (χ4n) is 0.495. The number of carbonyl (C=O) groups excluding carboxylic acids is 2. The number of carboxylic acid groups (broad SMARTS) is 1. The number of hydrogen-bond donors (Lipinski definition) is 3. The molecule has 0 radical (unpaired) electrons. The summed E-state index contributed by atoms with van der Waals surface area (Å²) in [7, 11) is 0.983. The van der Waals surface area contributed by atoms with Crippen LogP contribution in [0.25, 0.3) is 0 Å². The first-order valence-electron chi connectivity index (χ1n) is 3.25. The second-order valence-electron chi connectivity index (χ2n) is 2.04. The lowest BCUT2D eigenvalue weighted by Gasteiger charge is -2.09. The molecule has 0 aliphatic rings. The van der Waals surface area contributed by atoms with Crippen LogP contribution in [0.5, 0.6) is 0 Å². The maximum absolute atomic E-state index is 10.7. The van der Waals surface area contributed by atoms with E-state index in [-0.39, 0.29) is 0 Å². The number of hydrogen-bond acceptors (Lipinski definition) is 5. The lowest BCUT2D eigenvalue weighted by atomic mass is 10.3. The van der Waals surface area contributed by atoms with E-state index < -0.39 is 30.5 Å². The minimum Gasteiger partial charge on any atom is -0.480 e. The highest BCUT2D eigenvalue weighted by atomic mass is 16.5. The zero-order valence-corrected chi connectivity index (χ0v) is 6.81. The van der Waals surface area contributed by atoms with Gasteiger partial charge in [0.1, 0.15) is 0 Å². The van der Waals surface area contributed by atoms with E-state index in [0.717, 1.165) is 7.11 Å². The molecule has 1 atom stereocenters. The summed E-state index contributed by atoms with van der Waals surface area (Å²) in [5.74, 6) is -3.84. The van der Waals surface area contributed by atoms with Crippen molar-refractivity contribution in [3.05, 3.63) is 0 Å². The van der Waals surface area contributed by atoms with Gasteiger partial charge >= 0.3 is 17.8 Å². The lowest BCUT2D eigenvalue weighted by molar-refractivity contribution is -0.154. The van der Waals surface area contributed by atoms with E-state index in [4.69, 9.17) is 10.2 Å². The Bertz CT molecular complexity index is 225. The molecular weight excluding hydrogens is 182 g/mol. The van der Waals surface area contributed by atoms with Gasteiger partial charge in [-0.05, 0) is 0 Å². The Hall–Kier alpha value is -1.63. The fraction of sp³-hybridized carbons (Fsp3) is 0.500. The van der Waals surface area contributed by atoms with Crippen LogP contribution in [0, 0.1) is 0 Å². The second kappa shape index (κ2) is 5.09. The van der Waals surface area contributed by atoms with Crippen molar-refractivity contribution >= 4 is 17.8 Å². The molecule has 0 saturated carbocycles. The summed E-state index contributed by atoms with van der Waals surface area (Å²) in [5.41, 5.74) is 0. The SMILES string of the molecule is COC(=O)C(=O)N[C@@H](CO)C(=O)O. The normalized spacial score (nSPS) is 11.5. The summed E-state index contributed by atoms with van der Waals surface area (Å²) in [4.78, 5) is 31.4. The third-order valence-corrected chi connectivity index (χ3v) is 1.16. The van der Waals surface area contributed by atoms with E-state index in [1.54, 1.807) is 5.32 Å². The van der Waals surface area contributed by atoms with Crippen molar-refractivity contribution in [3.63, 3.8) is 0 Å². The lowest BCUT2D eigenvalue weighted by Crippen LogP contribution is -2.46. The third kappa shape index (κ3) is 3.52. The zero-order chi connectivity index (χ0) is 10.4. The van der Waals surface area contributed by atoms with Gasteiger partial charge in [-0.25, -0.2) is 9.59 Å². The molecule has 74 valence electrons. The summed E-state index contributed by atoms with van der Waals surface area (Å²) < 4.78 is 4.01. The minimum absolute atomic E-state index is 0.794. The van der Waals surface area contributed by atoms with Crippen molar-refractivity contribution in [2.75, 3.05) is 13.7 Å². The van der Waals surface area contributed by atoms with Crippen LogP contribution in [-0.4, -0.2) is 47.8 Å². The van der Waals surface area contributed by atoms with Gasteiger partial charge in [0.15, 0.2) is 6.04 Å². The molecule has 0 bridgehead atoms. The van der Waals surface area contributed by atoms with Crippen LogP contribution in [0.4, 0.5) is 0 Å². The number of nitrogens with one attached hydrogen (secondary N) is 1. The van der Waals surface area contributed by atoms with Gasteiger partial charge in [0, 0.05) is 0 Å². The minimum atomic E-state index is -1.49. The number of aliphatic hydroxyl groups is 1. The molecule has 0 spiro atoms. The molecule has 0 aromatic rings. The van der Waals surface area contributed by atoms with E-state index in [1.807, 2.05) is 0 Å². The van der Waals surface area contributed by atoms with E-state index in [0.29, 0.717) is 0 Å². The van der Waals surface area contributed by atoms with Crippen molar-refractivity contribution in [1.29, 1.82) is 0 Å². The van der Waals surface area contributed by atoms with Gasteiger partial charge in [-0.2, -0.15) is 0 Å². The van der Waals surface area contributed by atoms with Crippen LogP contribution in [-0.2, 0) is 19.1 Å². The van der Waals surface area contributed by atoms with Crippen molar-refractivity contribution < 1.29 is 29.3 Å². The molecule has 0 heterocycles. The number of methoxy groups -OCH3 is 1. The Morgan fingerprint density at radius 3 is 2.31 bits per heavy atom. The van der Waals surface area contributed by atoms with Gasteiger partial charge in [-0.3, -0.25) is 4.79 Å². The highest BCUT2D eigenvalue weighted by Crippen LogP contribution is 1.83. The second-order valence-corrected chi connectivity index (χ2v) is 2.04. The average molecular weight is 191 g/mol. The standard InChI is InChI=1S/C6H9NO6/c1-13-6(12)4(9)7-3(2-8)5(10)11/h3,8H,2H2,1H3,(H,7,9)(H,10,11)/t3-/m0/s1. The van der Waals surface area contributed by atoms with E-state index in [1.165, 1.54) is 0 Å². The Kier molecular flexibility index (Phi) is 4.45. The highest BCUT2D eigenvalue weighted by Gasteiger charge is 2.23. The van der Waals surface area contributed by atoms with Crippen LogP contribution < -0.4 is 5.32 Å². The zero-order valence-electron chi connectivity index (χ0n) is 6.81. The molecule has 1 amide bonds. The van der Waals surface area contributed by atoms with Gasteiger partial charge in [0.25, 0.3) is 0 Å². The Balaban J connectivity index is 4.17. The molecule has 3 N–H and O–H groups in total. The number of aliphatic carboxylic acids is 1. The fourth-order valence-corrected chi connectivity index (χ4v) is 0.495. The molecule has 7 nitrogen and oxygen atoms in total. The third-order valence-electron chi connectivity index (χ3n) is 1.16. The predicted molar refractivity (Wildman–Crippen MR) is 38.7 cm³/mol. The molecule has 0 aliphatic heterocycles. The highest BCUT2D eigenvalue weighted by molar-refractivity contribution is 6.32. The summed E-state index contributed by atoms with van der Waals surface area (Å²) in [5, 5.41) is 18.6. The first kappa shape index (κ1) is 11.4. The number of rotatable bonds is 3. The van der Waals surface area contributed by atoms with Gasteiger partial charge in [0.2, 0.25) is 0 Å². The van der Waals surface area contributed by atoms with E-state index in [9.17, 15) is 14.4 Å². The number of carbonyl (C=O) groups is 3. The van der Waals surface area contributed by atoms with Crippen molar-refractivity contribution in [2.24, 2.45) is 0 Å². The van der Waals surface area contributed by atoms with Gasteiger partial charge in [-0.15, -0.1) is 0 Å². The van der Waals surface area contributed by atoms with E-state index >= 15 is 0 Å². The molecule has 0 fully saturated rings. The van der Waals surface area contributed by atoms with Gasteiger partial charge in [0.05, 0.1) is 13.7 Å². The quantitative estimate of drug-likeness (QED) is 0.342. The topological polar surface area (TPSA) is 113 Å². The number of ether oxygens (including phenoxy) is 1. The first-order valence-corrected chi connectivity index (χ1v) is 3.25. The molecule has 0 unspecified atom stereocenters. The van der Waals surface area contributed by atoms with Crippen LogP contribution in [0.2, 0.25) is 0 Å². The number of aliphatic hydroxyl groups excluding tert-OH is 1. The molecular formula is C6H9NO6. The summed E-state index contributed by atoms with van der Waals surface area (Å²) >= 11 is 0. The molecule has 7 heteroatoms. The molecule has 0 aromatic heterocycles. The monoisotopic (exact) mass is 191 g/mol. The Labute approximate surface area is 73.3 Å². The van der Waals surface area contributed by atoms with Crippen molar-refractivity contribution in [1.82, 2.24) is 5.32 Å². The number of amides is 1. The van der Waals surface area contributed by atoms with E-state index in [2.05, 4.69) is 4.74 Å². The largest absolute Gasteiger partial charge is 0.480 e. The average Bonchev–Trinajstić information content (AvgIpc) is 2.11. The summed E-state index contributed by atoms with van der Waals surface area (Å²) in [6.07, 6.45) is 0. The van der Waals surface area contributed by atoms with Crippen molar-refractivity contribution in [3.8, 4) is 0 Å². The Morgan fingerprint density at radius 2 is 2.00 bits per heavy atom. The molecule has 0 rings (SSSR count). The van der Waals surface area contributed by atoms with Gasteiger partial charge < -0.3 is 20.3 Å². The molecule has 0 saturated heterocycles. The van der Waals surface area contributed by atoms with Crippen LogP contribution in [0.1, 0.15) is 0 Å². The predicted octanol–water partition coefficient (Wildman–Crippen LogP) is -2.28. The molecule has 13 heavy (non-hydrogen) atoms. The number of carboxylic acids is 1.